The average molecular weight is 223 g/mol. The lowest BCUT2D eigenvalue weighted by Gasteiger charge is -2.24. The Balaban J connectivity index is 2.19. The number of nitrogens with one attached hydrogen (secondary N) is 1. The smallest absolute Gasteiger partial charge is 0.00670 e. The monoisotopic (exact) mass is 223 g/mol. The Kier molecular flexibility index (Phi) is 6.79. The molecule has 0 aromatic rings. The zero-order valence-electron chi connectivity index (χ0n) is 11.3. The molecular formula is C15H29N. The molecule has 0 aromatic heterocycles. The summed E-state index contributed by atoms with van der Waals surface area (Å²) in [5.41, 5.74) is 0. The number of allylic oxidation sites excluding steroid dienone is 2. The first kappa shape index (κ1) is 13.8. The molecule has 94 valence electrons. The Morgan fingerprint density at radius 1 is 1.25 bits per heavy atom. The van der Waals surface area contributed by atoms with Gasteiger partial charge in [0, 0.05) is 6.04 Å². The zero-order chi connectivity index (χ0) is 11.8. The van der Waals surface area contributed by atoms with E-state index in [1.165, 1.54) is 45.1 Å². The predicted octanol–water partition coefficient (Wildman–Crippen LogP) is 4.15. The normalized spacial score (nSPS) is 24.3. The van der Waals surface area contributed by atoms with E-state index in [2.05, 4.69) is 38.2 Å². The minimum atomic E-state index is 0.737. The molecule has 1 N–H and O–H groups in total. The second-order valence-corrected chi connectivity index (χ2v) is 5.41. The third kappa shape index (κ3) is 5.16. The summed E-state index contributed by atoms with van der Waals surface area (Å²) in [6.45, 7) is 8.19. The van der Waals surface area contributed by atoms with E-state index in [0.29, 0.717) is 0 Å². The summed E-state index contributed by atoms with van der Waals surface area (Å²) >= 11 is 0. The van der Waals surface area contributed by atoms with Crippen molar-refractivity contribution in [2.24, 2.45) is 11.8 Å². The molecule has 1 rings (SSSR count). The highest BCUT2D eigenvalue weighted by molar-refractivity contribution is 4.90. The summed E-state index contributed by atoms with van der Waals surface area (Å²) < 4.78 is 0. The Bertz CT molecular complexity index is 198. The fraction of sp³-hybridized carbons (Fsp3) is 0.867. The zero-order valence-corrected chi connectivity index (χ0v) is 11.3. The van der Waals surface area contributed by atoms with Crippen LogP contribution in [0.1, 0.15) is 59.3 Å². The van der Waals surface area contributed by atoms with E-state index < -0.39 is 0 Å². The second-order valence-electron chi connectivity index (χ2n) is 5.41. The summed E-state index contributed by atoms with van der Waals surface area (Å²) in [6.07, 6.45) is 12.6. The van der Waals surface area contributed by atoms with Gasteiger partial charge in [0.1, 0.15) is 0 Å². The summed E-state index contributed by atoms with van der Waals surface area (Å²) in [6, 6.07) is 0.737. The van der Waals surface area contributed by atoms with E-state index in [9.17, 15) is 0 Å². The van der Waals surface area contributed by atoms with Crippen molar-refractivity contribution in [1.82, 2.24) is 5.32 Å². The van der Waals surface area contributed by atoms with Crippen molar-refractivity contribution in [2.75, 3.05) is 6.54 Å². The van der Waals surface area contributed by atoms with Gasteiger partial charge in [0.2, 0.25) is 0 Å². The van der Waals surface area contributed by atoms with Crippen LogP contribution in [-0.4, -0.2) is 12.6 Å². The molecule has 0 spiro atoms. The Morgan fingerprint density at radius 2 is 2.06 bits per heavy atom. The highest BCUT2D eigenvalue weighted by Gasteiger charge is 2.14. The lowest BCUT2D eigenvalue weighted by molar-refractivity contribution is 0.347. The van der Waals surface area contributed by atoms with Crippen molar-refractivity contribution in [3.63, 3.8) is 0 Å². The molecule has 1 nitrogen and oxygen atoms in total. The largest absolute Gasteiger partial charge is 0.314 e. The molecular weight excluding hydrogens is 194 g/mol. The molecule has 0 aliphatic heterocycles. The first-order valence-corrected chi connectivity index (χ1v) is 7.14. The van der Waals surface area contributed by atoms with E-state index in [-0.39, 0.29) is 0 Å². The van der Waals surface area contributed by atoms with E-state index in [1.807, 2.05) is 0 Å². The van der Waals surface area contributed by atoms with Gasteiger partial charge in [-0.3, -0.25) is 0 Å². The highest BCUT2D eigenvalue weighted by Crippen LogP contribution is 2.18. The van der Waals surface area contributed by atoms with Gasteiger partial charge < -0.3 is 5.32 Å². The van der Waals surface area contributed by atoms with Crippen molar-refractivity contribution in [3.05, 3.63) is 12.2 Å². The van der Waals surface area contributed by atoms with Gasteiger partial charge >= 0.3 is 0 Å². The van der Waals surface area contributed by atoms with E-state index >= 15 is 0 Å². The molecule has 0 saturated carbocycles. The summed E-state index contributed by atoms with van der Waals surface area (Å²) in [7, 11) is 0. The SMILES string of the molecule is CCC(C)CC(CC)NCC1CC=CCC1. The summed E-state index contributed by atoms with van der Waals surface area (Å²) in [5, 5.41) is 3.77. The topological polar surface area (TPSA) is 12.0 Å². The van der Waals surface area contributed by atoms with Gasteiger partial charge in [0.15, 0.2) is 0 Å². The fourth-order valence-electron chi connectivity index (χ4n) is 2.42. The van der Waals surface area contributed by atoms with Crippen LogP contribution in [0, 0.1) is 11.8 Å². The third-order valence-electron chi connectivity index (χ3n) is 3.95. The van der Waals surface area contributed by atoms with E-state index in [4.69, 9.17) is 0 Å². The van der Waals surface area contributed by atoms with E-state index in [0.717, 1.165) is 17.9 Å². The maximum Gasteiger partial charge on any atom is 0.00670 e. The maximum absolute atomic E-state index is 3.77. The van der Waals surface area contributed by atoms with Crippen LogP contribution in [0.15, 0.2) is 12.2 Å². The third-order valence-corrected chi connectivity index (χ3v) is 3.95. The highest BCUT2D eigenvalue weighted by atomic mass is 14.9. The van der Waals surface area contributed by atoms with Gasteiger partial charge in [-0.05, 0) is 50.5 Å². The van der Waals surface area contributed by atoms with Crippen LogP contribution in [-0.2, 0) is 0 Å². The Labute approximate surface area is 102 Å². The Morgan fingerprint density at radius 3 is 2.62 bits per heavy atom. The van der Waals surface area contributed by atoms with Crippen LogP contribution in [0.3, 0.4) is 0 Å². The van der Waals surface area contributed by atoms with Crippen LogP contribution in [0.5, 0.6) is 0 Å². The fourth-order valence-corrected chi connectivity index (χ4v) is 2.42. The van der Waals surface area contributed by atoms with E-state index in [1.54, 1.807) is 0 Å². The molecule has 0 radical (unpaired) electrons. The number of hydrogen-bond acceptors (Lipinski definition) is 1. The molecule has 0 heterocycles. The molecule has 3 atom stereocenters. The molecule has 1 heteroatoms. The molecule has 0 amide bonds. The number of hydrogen-bond donors (Lipinski definition) is 1. The van der Waals surface area contributed by atoms with Gasteiger partial charge in [-0.1, -0.05) is 39.3 Å². The van der Waals surface area contributed by atoms with Crippen LogP contribution < -0.4 is 5.32 Å². The first-order valence-electron chi connectivity index (χ1n) is 7.14. The summed E-state index contributed by atoms with van der Waals surface area (Å²) in [5.74, 6) is 1.75. The first-order chi connectivity index (χ1) is 7.76. The van der Waals surface area contributed by atoms with Crippen LogP contribution in [0.2, 0.25) is 0 Å². The Hall–Kier alpha value is -0.300. The van der Waals surface area contributed by atoms with Crippen LogP contribution in [0.25, 0.3) is 0 Å². The van der Waals surface area contributed by atoms with Gasteiger partial charge in [-0.15, -0.1) is 0 Å². The molecule has 1 aliphatic carbocycles. The average Bonchev–Trinajstić information content (AvgIpc) is 2.35. The second kappa shape index (κ2) is 7.89. The maximum atomic E-state index is 3.77. The lowest BCUT2D eigenvalue weighted by atomic mass is 9.93. The van der Waals surface area contributed by atoms with Crippen molar-refractivity contribution in [1.29, 1.82) is 0 Å². The molecule has 0 bridgehead atoms. The predicted molar refractivity (Wildman–Crippen MR) is 72.6 cm³/mol. The summed E-state index contributed by atoms with van der Waals surface area (Å²) in [4.78, 5) is 0. The van der Waals surface area contributed by atoms with Gasteiger partial charge in [-0.25, -0.2) is 0 Å². The molecule has 3 unspecified atom stereocenters. The van der Waals surface area contributed by atoms with Crippen molar-refractivity contribution in [2.45, 2.75) is 65.3 Å². The quantitative estimate of drug-likeness (QED) is 0.639. The molecule has 0 aromatic carbocycles. The van der Waals surface area contributed by atoms with Gasteiger partial charge in [0.05, 0.1) is 0 Å². The minimum Gasteiger partial charge on any atom is -0.314 e. The van der Waals surface area contributed by atoms with Crippen LogP contribution >= 0.6 is 0 Å². The van der Waals surface area contributed by atoms with Crippen molar-refractivity contribution < 1.29 is 0 Å². The van der Waals surface area contributed by atoms with Crippen LogP contribution in [0.4, 0.5) is 0 Å². The molecule has 0 saturated heterocycles. The standard InChI is InChI=1S/C15H29N/c1-4-13(3)11-15(5-2)16-12-14-9-7-6-8-10-14/h6-7,13-16H,4-5,8-12H2,1-3H3. The van der Waals surface area contributed by atoms with Gasteiger partial charge in [0.25, 0.3) is 0 Å². The minimum absolute atomic E-state index is 0.737. The molecule has 1 aliphatic rings. The van der Waals surface area contributed by atoms with Crippen molar-refractivity contribution >= 4 is 0 Å². The van der Waals surface area contributed by atoms with Gasteiger partial charge in [-0.2, -0.15) is 0 Å². The molecule has 0 fully saturated rings. The molecule has 16 heavy (non-hydrogen) atoms. The van der Waals surface area contributed by atoms with Crippen molar-refractivity contribution in [3.8, 4) is 0 Å². The lowest BCUT2D eigenvalue weighted by Crippen LogP contribution is -2.34. The number of rotatable bonds is 7.